The van der Waals surface area contributed by atoms with Crippen molar-refractivity contribution in [3.8, 4) is 0 Å². The van der Waals surface area contributed by atoms with Crippen LogP contribution in [0.1, 0.15) is 36.1 Å². The molecule has 0 aromatic heterocycles. The Morgan fingerprint density at radius 3 is 2.57 bits per heavy atom. The average Bonchev–Trinajstić information content (AvgIpc) is 2.46. The molecule has 0 aliphatic rings. The second kappa shape index (κ2) is 7.58. The van der Waals surface area contributed by atoms with E-state index in [1.54, 1.807) is 12.1 Å². The molecule has 1 unspecified atom stereocenters. The minimum absolute atomic E-state index is 0.111. The summed E-state index contributed by atoms with van der Waals surface area (Å²) in [4.78, 5) is 0. The van der Waals surface area contributed by atoms with Crippen LogP contribution in [0.15, 0.2) is 42.5 Å². The van der Waals surface area contributed by atoms with Gasteiger partial charge >= 0.3 is 0 Å². The number of rotatable bonds is 6. The van der Waals surface area contributed by atoms with E-state index in [9.17, 15) is 4.39 Å². The van der Waals surface area contributed by atoms with Gasteiger partial charge < -0.3 is 5.32 Å². The van der Waals surface area contributed by atoms with Crippen LogP contribution < -0.4 is 5.32 Å². The summed E-state index contributed by atoms with van der Waals surface area (Å²) in [5.74, 6) is -0.246. The van der Waals surface area contributed by atoms with Crippen LogP contribution in [0, 0.1) is 12.7 Å². The van der Waals surface area contributed by atoms with Crippen LogP contribution in [-0.2, 0) is 6.42 Å². The molecule has 0 radical (unpaired) electrons. The molecular formula is C18H21ClFN. The molecule has 0 fully saturated rings. The van der Waals surface area contributed by atoms with Crippen molar-refractivity contribution in [1.82, 2.24) is 5.32 Å². The largest absolute Gasteiger partial charge is 0.310 e. The number of aryl methyl sites for hydroxylation is 1. The van der Waals surface area contributed by atoms with E-state index in [-0.39, 0.29) is 11.9 Å². The highest BCUT2D eigenvalue weighted by Gasteiger charge is 2.19. The van der Waals surface area contributed by atoms with Crippen molar-refractivity contribution < 1.29 is 4.39 Å². The summed E-state index contributed by atoms with van der Waals surface area (Å²) >= 11 is 6.23. The third-order valence-corrected chi connectivity index (χ3v) is 4.00. The maximum atomic E-state index is 14.2. The molecule has 0 aliphatic carbocycles. The van der Waals surface area contributed by atoms with E-state index in [4.69, 9.17) is 11.6 Å². The lowest BCUT2D eigenvalue weighted by atomic mass is 9.95. The van der Waals surface area contributed by atoms with Crippen LogP contribution >= 0.6 is 11.6 Å². The van der Waals surface area contributed by atoms with Gasteiger partial charge in [-0.15, -0.1) is 0 Å². The van der Waals surface area contributed by atoms with Crippen LogP contribution in [0.25, 0.3) is 0 Å². The quantitative estimate of drug-likeness (QED) is 0.785. The Labute approximate surface area is 131 Å². The first-order chi connectivity index (χ1) is 10.1. The zero-order valence-corrected chi connectivity index (χ0v) is 13.3. The predicted octanol–water partition coefficient (Wildman–Crippen LogP) is 5.07. The normalized spacial score (nSPS) is 12.4. The number of halogens is 2. The Hall–Kier alpha value is -1.38. The monoisotopic (exact) mass is 305 g/mol. The van der Waals surface area contributed by atoms with Gasteiger partial charge in [0.2, 0.25) is 0 Å². The van der Waals surface area contributed by atoms with Crippen molar-refractivity contribution in [1.29, 1.82) is 0 Å². The van der Waals surface area contributed by atoms with Gasteiger partial charge in [0.05, 0.1) is 0 Å². The maximum absolute atomic E-state index is 14.2. The van der Waals surface area contributed by atoms with Crippen molar-refractivity contribution in [2.24, 2.45) is 0 Å². The van der Waals surface area contributed by atoms with Gasteiger partial charge in [0.1, 0.15) is 5.82 Å². The minimum Gasteiger partial charge on any atom is -0.310 e. The van der Waals surface area contributed by atoms with Crippen molar-refractivity contribution in [3.63, 3.8) is 0 Å². The Morgan fingerprint density at radius 2 is 1.90 bits per heavy atom. The lowest BCUT2D eigenvalue weighted by molar-refractivity contribution is 0.496. The summed E-state index contributed by atoms with van der Waals surface area (Å²) < 4.78 is 14.2. The van der Waals surface area contributed by atoms with Crippen molar-refractivity contribution in [3.05, 3.63) is 70.0 Å². The molecule has 3 heteroatoms. The van der Waals surface area contributed by atoms with Gasteiger partial charge in [-0.3, -0.25) is 0 Å². The summed E-state index contributed by atoms with van der Waals surface area (Å²) in [6.45, 7) is 5.01. The molecule has 112 valence electrons. The van der Waals surface area contributed by atoms with Gasteiger partial charge in [0.15, 0.2) is 0 Å². The third kappa shape index (κ3) is 4.05. The Bertz CT molecular complexity index is 577. The average molecular weight is 306 g/mol. The molecule has 0 saturated heterocycles. The van der Waals surface area contributed by atoms with Crippen LogP contribution in [0.4, 0.5) is 4.39 Å². The Balaban J connectivity index is 2.32. The lowest BCUT2D eigenvalue weighted by Gasteiger charge is -2.22. The molecule has 0 aliphatic heterocycles. The highest BCUT2D eigenvalue weighted by molar-refractivity contribution is 6.31. The van der Waals surface area contributed by atoms with Crippen molar-refractivity contribution in [2.45, 2.75) is 32.7 Å². The standard InChI is InChI=1S/C18H21ClFN/c1-3-11-21-17(12-14-8-5-4-7-13(14)2)18-15(19)9-6-10-16(18)20/h4-10,17,21H,3,11-12H2,1-2H3. The zero-order valence-electron chi connectivity index (χ0n) is 12.5. The first-order valence-corrected chi connectivity index (χ1v) is 7.73. The molecule has 0 saturated carbocycles. The molecule has 0 spiro atoms. The number of benzene rings is 2. The summed E-state index contributed by atoms with van der Waals surface area (Å²) in [7, 11) is 0. The number of nitrogens with one attached hydrogen (secondary N) is 1. The van der Waals surface area contributed by atoms with Gasteiger partial charge in [0, 0.05) is 16.6 Å². The van der Waals surface area contributed by atoms with E-state index < -0.39 is 0 Å². The Kier molecular flexibility index (Phi) is 5.77. The fraction of sp³-hybridized carbons (Fsp3) is 0.333. The predicted molar refractivity (Wildman–Crippen MR) is 87.3 cm³/mol. The van der Waals surface area contributed by atoms with Gasteiger partial charge in [-0.1, -0.05) is 48.9 Å². The molecule has 0 amide bonds. The van der Waals surface area contributed by atoms with E-state index in [0.717, 1.165) is 19.4 Å². The van der Waals surface area contributed by atoms with Crippen molar-refractivity contribution >= 4 is 11.6 Å². The molecule has 2 aromatic carbocycles. The lowest BCUT2D eigenvalue weighted by Crippen LogP contribution is -2.25. The number of hydrogen-bond acceptors (Lipinski definition) is 1. The molecule has 21 heavy (non-hydrogen) atoms. The molecule has 2 aromatic rings. The highest BCUT2D eigenvalue weighted by atomic mass is 35.5. The van der Waals surface area contributed by atoms with Gasteiger partial charge in [-0.05, 0) is 49.6 Å². The molecule has 0 bridgehead atoms. The third-order valence-electron chi connectivity index (χ3n) is 3.67. The van der Waals surface area contributed by atoms with Gasteiger partial charge in [-0.2, -0.15) is 0 Å². The molecule has 1 atom stereocenters. The zero-order chi connectivity index (χ0) is 15.2. The van der Waals surface area contributed by atoms with Crippen LogP contribution in [0.5, 0.6) is 0 Å². The van der Waals surface area contributed by atoms with Crippen LogP contribution in [0.2, 0.25) is 5.02 Å². The smallest absolute Gasteiger partial charge is 0.129 e. The summed E-state index contributed by atoms with van der Waals surface area (Å²) in [6, 6.07) is 13.0. The molecule has 2 rings (SSSR count). The minimum atomic E-state index is -0.246. The van der Waals surface area contributed by atoms with E-state index in [1.165, 1.54) is 17.2 Å². The maximum Gasteiger partial charge on any atom is 0.129 e. The first-order valence-electron chi connectivity index (χ1n) is 7.35. The SMILES string of the molecule is CCCNC(Cc1ccccc1C)c1c(F)cccc1Cl. The molecular weight excluding hydrogens is 285 g/mol. The van der Waals surface area contributed by atoms with Gasteiger partial charge in [0.25, 0.3) is 0 Å². The fourth-order valence-corrected chi connectivity index (χ4v) is 2.79. The molecule has 0 heterocycles. The van der Waals surface area contributed by atoms with E-state index >= 15 is 0 Å². The van der Waals surface area contributed by atoms with E-state index in [2.05, 4.69) is 31.3 Å². The van der Waals surface area contributed by atoms with Crippen LogP contribution in [0.3, 0.4) is 0 Å². The topological polar surface area (TPSA) is 12.0 Å². The Morgan fingerprint density at radius 1 is 1.14 bits per heavy atom. The second-order valence-corrected chi connectivity index (χ2v) is 5.68. The van der Waals surface area contributed by atoms with E-state index in [1.807, 2.05) is 12.1 Å². The fourth-order valence-electron chi connectivity index (χ4n) is 2.50. The van der Waals surface area contributed by atoms with Crippen LogP contribution in [-0.4, -0.2) is 6.54 Å². The highest BCUT2D eigenvalue weighted by Crippen LogP contribution is 2.29. The second-order valence-electron chi connectivity index (χ2n) is 5.27. The van der Waals surface area contributed by atoms with E-state index in [0.29, 0.717) is 10.6 Å². The number of hydrogen-bond donors (Lipinski definition) is 1. The summed E-state index contributed by atoms with van der Waals surface area (Å²) in [5, 5.41) is 3.90. The first kappa shape index (κ1) is 16.0. The summed E-state index contributed by atoms with van der Waals surface area (Å²) in [5.41, 5.74) is 2.99. The van der Waals surface area contributed by atoms with Crippen molar-refractivity contribution in [2.75, 3.05) is 6.54 Å². The van der Waals surface area contributed by atoms with Gasteiger partial charge in [-0.25, -0.2) is 4.39 Å². The molecule has 1 nitrogen and oxygen atoms in total. The summed E-state index contributed by atoms with van der Waals surface area (Å²) in [6.07, 6.45) is 1.73. The molecule has 1 N–H and O–H groups in total.